The molecule has 0 spiro atoms. The van der Waals surface area contributed by atoms with Crippen molar-refractivity contribution >= 4 is 5.91 Å². The van der Waals surface area contributed by atoms with E-state index in [1.54, 1.807) is 18.2 Å². The lowest BCUT2D eigenvalue weighted by Gasteiger charge is -2.18. The molecule has 1 N–H and O–H groups in total. The summed E-state index contributed by atoms with van der Waals surface area (Å²) in [5.74, 6) is -0.446. The molecule has 1 amide bonds. The number of hydrogen-bond donors (Lipinski definition) is 1. The zero-order valence-corrected chi connectivity index (χ0v) is 10.7. The zero-order chi connectivity index (χ0) is 12.9. The van der Waals surface area contributed by atoms with Crippen LogP contribution in [0.4, 0.5) is 4.39 Å². The van der Waals surface area contributed by atoms with Crippen molar-refractivity contribution in [2.75, 3.05) is 6.54 Å². The van der Waals surface area contributed by atoms with Gasteiger partial charge in [0.15, 0.2) is 0 Å². The highest BCUT2D eigenvalue weighted by Crippen LogP contribution is 2.17. The first-order chi connectivity index (χ1) is 7.88. The van der Waals surface area contributed by atoms with Gasteiger partial charge in [0.1, 0.15) is 5.82 Å². The molecule has 0 unspecified atom stereocenters. The Morgan fingerprint density at radius 2 is 1.94 bits per heavy atom. The highest BCUT2D eigenvalue weighted by molar-refractivity contribution is 5.78. The van der Waals surface area contributed by atoms with Gasteiger partial charge in [0.2, 0.25) is 5.91 Å². The Kier molecular flexibility index (Phi) is 4.67. The molecule has 0 aliphatic heterocycles. The van der Waals surface area contributed by atoms with E-state index in [0.29, 0.717) is 12.1 Å². The normalized spacial score (nSPS) is 11.3. The van der Waals surface area contributed by atoms with Crippen molar-refractivity contribution < 1.29 is 9.18 Å². The van der Waals surface area contributed by atoms with E-state index in [9.17, 15) is 9.18 Å². The maximum Gasteiger partial charge on any atom is 0.224 e. The summed E-state index contributed by atoms with van der Waals surface area (Å²) in [5, 5.41) is 2.81. The second-order valence-corrected chi connectivity index (χ2v) is 5.43. The third-order valence-electron chi connectivity index (χ3n) is 2.51. The molecule has 0 bridgehead atoms. The first-order valence-corrected chi connectivity index (χ1v) is 5.88. The monoisotopic (exact) mass is 237 g/mol. The van der Waals surface area contributed by atoms with E-state index in [2.05, 4.69) is 26.1 Å². The van der Waals surface area contributed by atoms with Gasteiger partial charge in [0.05, 0.1) is 6.42 Å². The van der Waals surface area contributed by atoms with E-state index in [1.165, 1.54) is 6.07 Å². The summed E-state index contributed by atoms with van der Waals surface area (Å²) >= 11 is 0. The van der Waals surface area contributed by atoms with Crippen molar-refractivity contribution in [1.29, 1.82) is 0 Å². The van der Waals surface area contributed by atoms with E-state index >= 15 is 0 Å². The van der Waals surface area contributed by atoms with Crippen molar-refractivity contribution in [2.45, 2.75) is 33.6 Å². The fraction of sp³-hybridized carbons (Fsp3) is 0.500. The van der Waals surface area contributed by atoms with Crippen LogP contribution in [-0.4, -0.2) is 12.5 Å². The number of halogens is 1. The molecule has 2 nitrogen and oxygen atoms in total. The summed E-state index contributed by atoms with van der Waals surface area (Å²) in [7, 11) is 0. The van der Waals surface area contributed by atoms with Crippen LogP contribution in [0.15, 0.2) is 24.3 Å². The lowest BCUT2D eigenvalue weighted by Crippen LogP contribution is -2.28. The van der Waals surface area contributed by atoms with Crippen molar-refractivity contribution in [1.82, 2.24) is 5.32 Å². The van der Waals surface area contributed by atoms with Crippen LogP contribution in [0.3, 0.4) is 0 Å². The lowest BCUT2D eigenvalue weighted by atomic mass is 9.92. The summed E-state index contributed by atoms with van der Waals surface area (Å²) in [6.45, 7) is 7.00. The molecule has 1 aromatic carbocycles. The molecule has 0 aliphatic carbocycles. The van der Waals surface area contributed by atoms with E-state index < -0.39 is 0 Å². The zero-order valence-electron chi connectivity index (χ0n) is 10.7. The number of carbonyl (C=O) groups excluding carboxylic acids is 1. The van der Waals surface area contributed by atoms with Gasteiger partial charge < -0.3 is 5.32 Å². The lowest BCUT2D eigenvalue weighted by molar-refractivity contribution is -0.120. The highest BCUT2D eigenvalue weighted by atomic mass is 19.1. The minimum Gasteiger partial charge on any atom is -0.356 e. The van der Waals surface area contributed by atoms with Crippen LogP contribution in [0.25, 0.3) is 0 Å². The summed E-state index contributed by atoms with van der Waals surface area (Å²) in [5.41, 5.74) is 0.645. The maximum atomic E-state index is 13.3. The molecule has 0 radical (unpaired) electrons. The average Bonchev–Trinajstić information content (AvgIpc) is 2.19. The number of nitrogens with one attached hydrogen (secondary N) is 1. The molecule has 3 heteroatoms. The van der Waals surface area contributed by atoms with Crippen LogP contribution in [0, 0.1) is 11.2 Å². The Bertz CT molecular complexity index is 382. The third-order valence-corrected chi connectivity index (χ3v) is 2.51. The van der Waals surface area contributed by atoms with Gasteiger partial charge in [-0.1, -0.05) is 39.0 Å². The number of amides is 1. The molecule has 0 aliphatic rings. The number of hydrogen-bond acceptors (Lipinski definition) is 1. The number of carbonyl (C=O) groups is 1. The van der Waals surface area contributed by atoms with E-state index in [4.69, 9.17) is 0 Å². The molecule has 0 heterocycles. The van der Waals surface area contributed by atoms with Gasteiger partial charge in [-0.15, -0.1) is 0 Å². The summed E-state index contributed by atoms with van der Waals surface area (Å²) in [4.78, 5) is 11.6. The van der Waals surface area contributed by atoms with E-state index in [1.807, 2.05) is 0 Å². The summed E-state index contributed by atoms with van der Waals surface area (Å²) in [6.07, 6.45) is 1.02. The van der Waals surface area contributed by atoms with Crippen molar-refractivity contribution in [3.05, 3.63) is 35.6 Å². The van der Waals surface area contributed by atoms with Crippen LogP contribution >= 0.6 is 0 Å². The summed E-state index contributed by atoms with van der Waals surface area (Å²) in [6, 6.07) is 6.37. The maximum absolute atomic E-state index is 13.3. The standard InChI is InChI=1S/C14H20FNO/c1-14(2,3)8-9-16-13(17)10-11-6-4-5-7-12(11)15/h4-7H,8-10H2,1-3H3,(H,16,17). The predicted octanol–water partition coefficient (Wildman–Crippen LogP) is 2.92. The first-order valence-electron chi connectivity index (χ1n) is 5.88. The molecule has 17 heavy (non-hydrogen) atoms. The third kappa shape index (κ3) is 5.48. The van der Waals surface area contributed by atoms with Crippen LogP contribution in [0.5, 0.6) is 0 Å². The minimum atomic E-state index is -0.321. The Hall–Kier alpha value is -1.38. The molecule has 0 aromatic heterocycles. The largest absolute Gasteiger partial charge is 0.356 e. The van der Waals surface area contributed by atoms with Gasteiger partial charge in [-0.2, -0.15) is 0 Å². The van der Waals surface area contributed by atoms with Crippen LogP contribution in [0.1, 0.15) is 32.8 Å². The molecule has 94 valence electrons. The Balaban J connectivity index is 2.38. The Morgan fingerprint density at radius 3 is 2.53 bits per heavy atom. The van der Waals surface area contributed by atoms with Gasteiger partial charge in [0.25, 0.3) is 0 Å². The molecular weight excluding hydrogens is 217 g/mol. The molecular formula is C14H20FNO. The van der Waals surface area contributed by atoms with Crippen molar-refractivity contribution in [3.63, 3.8) is 0 Å². The molecule has 0 atom stereocenters. The second-order valence-electron chi connectivity index (χ2n) is 5.43. The second kappa shape index (κ2) is 5.80. The predicted molar refractivity (Wildman–Crippen MR) is 67.2 cm³/mol. The van der Waals surface area contributed by atoms with Crippen LogP contribution < -0.4 is 5.32 Å². The topological polar surface area (TPSA) is 29.1 Å². The minimum absolute atomic E-state index is 0.108. The Morgan fingerprint density at radius 1 is 1.29 bits per heavy atom. The molecule has 0 fully saturated rings. The number of rotatable bonds is 4. The molecule has 0 saturated carbocycles. The fourth-order valence-electron chi connectivity index (χ4n) is 1.45. The van der Waals surface area contributed by atoms with Gasteiger partial charge in [-0.05, 0) is 23.5 Å². The molecule has 1 aromatic rings. The quantitative estimate of drug-likeness (QED) is 0.857. The van der Waals surface area contributed by atoms with Crippen molar-refractivity contribution in [2.24, 2.45) is 5.41 Å². The van der Waals surface area contributed by atoms with Gasteiger partial charge in [-0.25, -0.2) is 4.39 Å². The van der Waals surface area contributed by atoms with Crippen LogP contribution in [-0.2, 0) is 11.2 Å². The SMILES string of the molecule is CC(C)(C)CCNC(=O)Cc1ccccc1F. The fourth-order valence-corrected chi connectivity index (χ4v) is 1.45. The van der Waals surface area contributed by atoms with Gasteiger partial charge in [-0.3, -0.25) is 4.79 Å². The van der Waals surface area contributed by atoms with E-state index in [-0.39, 0.29) is 23.6 Å². The first kappa shape index (κ1) is 13.7. The molecule has 1 rings (SSSR count). The van der Waals surface area contributed by atoms with Crippen LogP contribution in [0.2, 0.25) is 0 Å². The highest BCUT2D eigenvalue weighted by Gasteiger charge is 2.11. The van der Waals surface area contributed by atoms with E-state index in [0.717, 1.165) is 6.42 Å². The summed E-state index contributed by atoms with van der Waals surface area (Å²) < 4.78 is 13.3. The van der Waals surface area contributed by atoms with Gasteiger partial charge in [0, 0.05) is 6.54 Å². The average molecular weight is 237 g/mol. The van der Waals surface area contributed by atoms with Gasteiger partial charge >= 0.3 is 0 Å². The number of benzene rings is 1. The van der Waals surface area contributed by atoms with Crippen molar-refractivity contribution in [3.8, 4) is 0 Å². The molecule has 0 saturated heterocycles. The Labute approximate surface area is 102 Å². The smallest absolute Gasteiger partial charge is 0.224 e.